The van der Waals surface area contributed by atoms with Crippen LogP contribution in [0.5, 0.6) is 0 Å². The summed E-state index contributed by atoms with van der Waals surface area (Å²) in [7, 11) is 3.16. The SMILES string of the molecule is CN(C(=O)C1CC(=O)N(C)C1c1ccc(Cl)c(F)c1)c1ncccn1. The highest BCUT2D eigenvalue weighted by molar-refractivity contribution is 6.30. The van der Waals surface area contributed by atoms with Gasteiger partial charge in [-0.3, -0.25) is 14.5 Å². The van der Waals surface area contributed by atoms with Gasteiger partial charge < -0.3 is 4.90 Å². The second-order valence-electron chi connectivity index (χ2n) is 5.88. The first-order valence-electron chi connectivity index (χ1n) is 7.65. The van der Waals surface area contributed by atoms with Gasteiger partial charge in [-0.1, -0.05) is 17.7 Å². The molecule has 0 saturated carbocycles. The molecule has 0 N–H and O–H groups in total. The summed E-state index contributed by atoms with van der Waals surface area (Å²) in [5.74, 6) is -1.48. The van der Waals surface area contributed by atoms with Crippen molar-refractivity contribution in [1.29, 1.82) is 0 Å². The van der Waals surface area contributed by atoms with Gasteiger partial charge in [0.1, 0.15) is 5.82 Å². The summed E-state index contributed by atoms with van der Waals surface area (Å²) in [6.07, 6.45) is 3.11. The number of hydrogen-bond acceptors (Lipinski definition) is 4. The Morgan fingerprint density at radius 2 is 2.04 bits per heavy atom. The molecule has 2 atom stereocenters. The molecule has 2 heterocycles. The maximum absolute atomic E-state index is 13.9. The van der Waals surface area contributed by atoms with Crippen LogP contribution in [-0.4, -0.2) is 40.8 Å². The smallest absolute Gasteiger partial charge is 0.235 e. The third kappa shape index (κ3) is 3.19. The number of rotatable bonds is 3. The lowest BCUT2D eigenvalue weighted by Crippen LogP contribution is -2.37. The average Bonchev–Trinajstić information content (AvgIpc) is 2.92. The molecule has 25 heavy (non-hydrogen) atoms. The van der Waals surface area contributed by atoms with Gasteiger partial charge in [-0.05, 0) is 23.8 Å². The summed E-state index contributed by atoms with van der Waals surface area (Å²) in [6.45, 7) is 0. The highest BCUT2D eigenvalue weighted by atomic mass is 35.5. The van der Waals surface area contributed by atoms with E-state index in [-0.39, 0.29) is 29.2 Å². The largest absolute Gasteiger partial charge is 0.338 e. The third-order valence-corrected chi connectivity index (χ3v) is 4.68. The summed E-state index contributed by atoms with van der Waals surface area (Å²) in [6, 6.07) is 5.40. The Kier molecular flexibility index (Phi) is 4.67. The number of aromatic nitrogens is 2. The van der Waals surface area contributed by atoms with Gasteiger partial charge in [0.15, 0.2) is 0 Å². The van der Waals surface area contributed by atoms with E-state index in [1.165, 1.54) is 34.3 Å². The van der Waals surface area contributed by atoms with Crippen LogP contribution in [0.2, 0.25) is 5.02 Å². The zero-order chi connectivity index (χ0) is 18.1. The van der Waals surface area contributed by atoms with Crippen molar-refractivity contribution in [3.05, 3.63) is 53.1 Å². The number of halogens is 2. The van der Waals surface area contributed by atoms with Crippen LogP contribution in [0, 0.1) is 11.7 Å². The number of amides is 2. The molecule has 1 saturated heterocycles. The summed E-state index contributed by atoms with van der Waals surface area (Å²) in [5, 5.41) is -0.00610. The Morgan fingerprint density at radius 3 is 2.68 bits per heavy atom. The second kappa shape index (κ2) is 6.76. The fourth-order valence-electron chi connectivity index (χ4n) is 3.06. The molecule has 2 amide bonds. The predicted octanol–water partition coefficient (Wildman–Crippen LogP) is 2.45. The van der Waals surface area contributed by atoms with E-state index in [0.717, 1.165) is 0 Å². The number of carbonyl (C=O) groups is 2. The molecule has 1 fully saturated rings. The molecule has 1 aliphatic heterocycles. The number of benzene rings is 1. The highest BCUT2D eigenvalue weighted by Gasteiger charge is 2.44. The van der Waals surface area contributed by atoms with E-state index in [2.05, 4.69) is 9.97 Å². The summed E-state index contributed by atoms with van der Waals surface area (Å²) < 4.78 is 13.9. The molecule has 0 bridgehead atoms. The molecule has 1 aromatic heterocycles. The first kappa shape index (κ1) is 17.3. The average molecular weight is 363 g/mol. The molecular formula is C17H16ClFN4O2. The monoisotopic (exact) mass is 362 g/mol. The number of anilines is 1. The zero-order valence-corrected chi connectivity index (χ0v) is 14.4. The van der Waals surface area contributed by atoms with Gasteiger partial charge in [0, 0.05) is 32.9 Å². The van der Waals surface area contributed by atoms with Crippen molar-refractivity contribution < 1.29 is 14.0 Å². The van der Waals surface area contributed by atoms with Gasteiger partial charge in [0.25, 0.3) is 0 Å². The van der Waals surface area contributed by atoms with Gasteiger partial charge in [-0.15, -0.1) is 0 Å². The predicted molar refractivity (Wildman–Crippen MR) is 90.5 cm³/mol. The normalized spacial score (nSPS) is 20.0. The molecule has 1 aromatic carbocycles. The Balaban J connectivity index is 1.94. The first-order chi connectivity index (χ1) is 11.9. The van der Waals surface area contributed by atoms with Crippen molar-refractivity contribution in [2.45, 2.75) is 12.5 Å². The lowest BCUT2D eigenvalue weighted by Gasteiger charge is -2.27. The molecule has 8 heteroatoms. The highest BCUT2D eigenvalue weighted by Crippen LogP contribution is 2.39. The van der Waals surface area contributed by atoms with E-state index >= 15 is 0 Å². The minimum Gasteiger partial charge on any atom is -0.338 e. The molecule has 0 spiro atoms. The molecule has 3 rings (SSSR count). The minimum atomic E-state index is -0.660. The molecule has 6 nitrogen and oxygen atoms in total. The summed E-state index contributed by atoms with van der Waals surface area (Å²) in [5.41, 5.74) is 0.524. The lowest BCUT2D eigenvalue weighted by atomic mass is 9.92. The van der Waals surface area contributed by atoms with Crippen molar-refractivity contribution in [2.24, 2.45) is 5.92 Å². The van der Waals surface area contributed by atoms with Crippen molar-refractivity contribution in [3.8, 4) is 0 Å². The number of hydrogen-bond donors (Lipinski definition) is 0. The van der Waals surface area contributed by atoms with Gasteiger partial charge in [-0.2, -0.15) is 0 Å². The molecular weight excluding hydrogens is 347 g/mol. The molecule has 2 aromatic rings. The van der Waals surface area contributed by atoms with Gasteiger partial charge in [0.2, 0.25) is 17.8 Å². The van der Waals surface area contributed by atoms with E-state index in [4.69, 9.17) is 11.6 Å². The van der Waals surface area contributed by atoms with Crippen LogP contribution in [0.3, 0.4) is 0 Å². The fraction of sp³-hybridized carbons (Fsp3) is 0.294. The van der Waals surface area contributed by atoms with Gasteiger partial charge in [-0.25, -0.2) is 14.4 Å². The summed E-state index contributed by atoms with van der Waals surface area (Å²) >= 11 is 5.73. The topological polar surface area (TPSA) is 66.4 Å². The van der Waals surface area contributed by atoms with Crippen LogP contribution < -0.4 is 4.90 Å². The fourth-order valence-corrected chi connectivity index (χ4v) is 3.17. The standard InChI is InChI=1S/C17H16ClFN4O2/c1-22-14(24)9-11(15(22)10-4-5-12(18)13(19)8-10)16(25)23(2)17-20-6-3-7-21-17/h3-8,11,15H,9H2,1-2H3. The molecule has 0 radical (unpaired) electrons. The van der Waals surface area contributed by atoms with Gasteiger partial charge in [0.05, 0.1) is 17.0 Å². The van der Waals surface area contributed by atoms with Crippen molar-refractivity contribution >= 4 is 29.4 Å². The van der Waals surface area contributed by atoms with Gasteiger partial charge >= 0.3 is 0 Å². The number of likely N-dealkylation sites (tertiary alicyclic amines) is 1. The molecule has 2 unspecified atom stereocenters. The third-order valence-electron chi connectivity index (χ3n) is 4.37. The Hall–Kier alpha value is -2.54. The van der Waals surface area contributed by atoms with E-state index < -0.39 is 17.8 Å². The van der Waals surface area contributed by atoms with Crippen molar-refractivity contribution in [2.75, 3.05) is 19.0 Å². The van der Waals surface area contributed by atoms with Crippen molar-refractivity contribution in [1.82, 2.24) is 14.9 Å². The van der Waals surface area contributed by atoms with Crippen LogP contribution in [0.15, 0.2) is 36.7 Å². The van der Waals surface area contributed by atoms with E-state index in [1.54, 1.807) is 26.2 Å². The molecule has 1 aliphatic rings. The van der Waals surface area contributed by atoms with Crippen LogP contribution in [-0.2, 0) is 9.59 Å². The van der Waals surface area contributed by atoms with Crippen LogP contribution in [0.25, 0.3) is 0 Å². The van der Waals surface area contributed by atoms with E-state index in [1.807, 2.05) is 0 Å². The Morgan fingerprint density at radius 1 is 1.36 bits per heavy atom. The lowest BCUT2D eigenvalue weighted by molar-refractivity contribution is -0.128. The van der Waals surface area contributed by atoms with E-state index in [9.17, 15) is 14.0 Å². The number of nitrogens with zero attached hydrogens (tertiary/aromatic N) is 4. The quantitative estimate of drug-likeness (QED) is 0.841. The maximum Gasteiger partial charge on any atom is 0.235 e. The number of carbonyl (C=O) groups excluding carboxylic acids is 2. The van der Waals surface area contributed by atoms with Crippen LogP contribution in [0.1, 0.15) is 18.0 Å². The van der Waals surface area contributed by atoms with Crippen molar-refractivity contribution in [3.63, 3.8) is 0 Å². The minimum absolute atomic E-state index is 0.00610. The zero-order valence-electron chi connectivity index (χ0n) is 13.7. The second-order valence-corrected chi connectivity index (χ2v) is 6.29. The summed E-state index contributed by atoms with van der Waals surface area (Å²) in [4.78, 5) is 36.0. The molecule has 130 valence electrons. The van der Waals surface area contributed by atoms with Crippen LogP contribution >= 0.6 is 11.6 Å². The van der Waals surface area contributed by atoms with E-state index in [0.29, 0.717) is 5.56 Å². The maximum atomic E-state index is 13.9. The first-order valence-corrected chi connectivity index (χ1v) is 8.03. The van der Waals surface area contributed by atoms with Crippen LogP contribution in [0.4, 0.5) is 10.3 Å². The Bertz CT molecular complexity index is 818. The molecule has 0 aliphatic carbocycles. The Labute approximate surface area is 149 Å².